The SMILES string of the molecule is O=C(c1coc(CN2C(=O)COc3ccccc32)n1)N1CCN(c2cccc(C(F)(F)F)c2)CC1. The molecule has 0 spiro atoms. The quantitative estimate of drug-likeness (QED) is 0.561. The molecule has 0 N–H and O–H groups in total. The van der Waals surface area contributed by atoms with Crippen molar-refractivity contribution in [2.45, 2.75) is 12.7 Å². The maximum Gasteiger partial charge on any atom is 0.416 e. The van der Waals surface area contributed by atoms with E-state index in [0.29, 0.717) is 43.3 Å². The third-order valence-corrected chi connectivity index (χ3v) is 5.98. The van der Waals surface area contributed by atoms with E-state index in [1.807, 2.05) is 11.0 Å². The third-order valence-electron chi connectivity index (χ3n) is 5.98. The number of anilines is 2. The van der Waals surface area contributed by atoms with Crippen LogP contribution < -0.4 is 14.5 Å². The minimum Gasteiger partial charge on any atom is -0.482 e. The van der Waals surface area contributed by atoms with Crippen molar-refractivity contribution in [2.75, 3.05) is 42.6 Å². The first-order valence-corrected chi connectivity index (χ1v) is 11.0. The van der Waals surface area contributed by atoms with Gasteiger partial charge < -0.3 is 19.0 Å². The Labute approximate surface area is 198 Å². The summed E-state index contributed by atoms with van der Waals surface area (Å²) in [7, 11) is 0. The van der Waals surface area contributed by atoms with Crippen molar-refractivity contribution in [1.82, 2.24) is 9.88 Å². The topological polar surface area (TPSA) is 79.1 Å². The minimum atomic E-state index is -4.41. The average molecular weight is 486 g/mol. The van der Waals surface area contributed by atoms with Crippen molar-refractivity contribution in [3.8, 4) is 5.75 Å². The number of hydrogen-bond donors (Lipinski definition) is 0. The number of carbonyl (C=O) groups excluding carboxylic acids is 2. The highest BCUT2D eigenvalue weighted by Gasteiger charge is 2.32. The van der Waals surface area contributed by atoms with Crippen LogP contribution in [0.5, 0.6) is 5.75 Å². The fourth-order valence-electron chi connectivity index (χ4n) is 4.15. The van der Waals surface area contributed by atoms with E-state index < -0.39 is 11.7 Å². The van der Waals surface area contributed by atoms with Gasteiger partial charge in [0.25, 0.3) is 11.8 Å². The van der Waals surface area contributed by atoms with Crippen LogP contribution in [0.25, 0.3) is 0 Å². The largest absolute Gasteiger partial charge is 0.482 e. The van der Waals surface area contributed by atoms with Gasteiger partial charge in [0.2, 0.25) is 5.89 Å². The van der Waals surface area contributed by atoms with Gasteiger partial charge in [0.15, 0.2) is 12.3 Å². The summed E-state index contributed by atoms with van der Waals surface area (Å²) in [5.41, 5.74) is 0.471. The Kier molecular flexibility index (Phi) is 5.83. The van der Waals surface area contributed by atoms with Gasteiger partial charge in [-0.15, -0.1) is 0 Å². The Bertz CT molecular complexity index is 1250. The molecule has 0 saturated carbocycles. The lowest BCUT2D eigenvalue weighted by Gasteiger charge is -2.36. The molecular weight excluding hydrogens is 465 g/mol. The highest BCUT2D eigenvalue weighted by Crippen LogP contribution is 2.33. The van der Waals surface area contributed by atoms with Gasteiger partial charge >= 0.3 is 6.18 Å². The number of fused-ring (bicyclic) bond motifs is 1. The summed E-state index contributed by atoms with van der Waals surface area (Å²) in [6.45, 7) is 1.38. The van der Waals surface area contributed by atoms with Crippen LogP contribution in [0, 0.1) is 0 Å². The number of piperazine rings is 1. The first kappa shape index (κ1) is 22.8. The van der Waals surface area contributed by atoms with E-state index in [4.69, 9.17) is 9.15 Å². The van der Waals surface area contributed by atoms with Gasteiger partial charge in [-0.25, -0.2) is 4.98 Å². The molecule has 1 saturated heterocycles. The molecule has 182 valence electrons. The predicted molar refractivity (Wildman–Crippen MR) is 119 cm³/mol. The van der Waals surface area contributed by atoms with E-state index in [1.54, 1.807) is 29.2 Å². The number of rotatable bonds is 4. The number of oxazole rings is 1. The van der Waals surface area contributed by atoms with Crippen LogP contribution in [-0.2, 0) is 17.5 Å². The Morgan fingerprint density at radius 2 is 1.80 bits per heavy atom. The molecule has 3 aromatic rings. The third kappa shape index (κ3) is 4.66. The molecule has 0 unspecified atom stereocenters. The van der Waals surface area contributed by atoms with Gasteiger partial charge in [0, 0.05) is 31.9 Å². The predicted octanol–water partition coefficient (Wildman–Crippen LogP) is 3.58. The number of para-hydroxylation sites is 2. The highest BCUT2D eigenvalue weighted by molar-refractivity contribution is 5.97. The lowest BCUT2D eigenvalue weighted by molar-refractivity contribution is -0.137. The van der Waals surface area contributed by atoms with Crippen LogP contribution >= 0.6 is 0 Å². The molecule has 2 aliphatic heterocycles. The number of ether oxygens (including phenoxy) is 1. The van der Waals surface area contributed by atoms with Gasteiger partial charge in [-0.3, -0.25) is 14.5 Å². The maximum absolute atomic E-state index is 13.0. The fourth-order valence-corrected chi connectivity index (χ4v) is 4.15. The van der Waals surface area contributed by atoms with Gasteiger partial charge in [0.1, 0.15) is 18.6 Å². The number of amides is 2. The summed E-state index contributed by atoms with van der Waals surface area (Å²) in [5, 5.41) is 0. The summed E-state index contributed by atoms with van der Waals surface area (Å²) in [4.78, 5) is 34.5. The summed E-state index contributed by atoms with van der Waals surface area (Å²) < 4.78 is 50.0. The fraction of sp³-hybridized carbons (Fsp3) is 0.292. The summed E-state index contributed by atoms with van der Waals surface area (Å²) in [6.07, 6.45) is -3.15. The Morgan fingerprint density at radius 3 is 2.57 bits per heavy atom. The van der Waals surface area contributed by atoms with Crippen molar-refractivity contribution in [2.24, 2.45) is 0 Å². The van der Waals surface area contributed by atoms with Crippen LogP contribution in [0.4, 0.5) is 24.5 Å². The molecule has 2 aromatic carbocycles. The lowest BCUT2D eigenvalue weighted by Crippen LogP contribution is -2.49. The van der Waals surface area contributed by atoms with Crippen molar-refractivity contribution >= 4 is 23.2 Å². The highest BCUT2D eigenvalue weighted by atomic mass is 19.4. The minimum absolute atomic E-state index is 0.0514. The number of alkyl halides is 3. The molecule has 2 aliphatic rings. The summed E-state index contributed by atoms with van der Waals surface area (Å²) >= 11 is 0. The second kappa shape index (κ2) is 8.97. The molecule has 1 aromatic heterocycles. The number of benzene rings is 2. The molecule has 5 rings (SSSR count). The monoisotopic (exact) mass is 486 g/mol. The van der Waals surface area contributed by atoms with Crippen molar-refractivity contribution < 1.29 is 31.9 Å². The molecule has 1 fully saturated rings. The zero-order valence-electron chi connectivity index (χ0n) is 18.5. The Balaban J connectivity index is 1.22. The smallest absolute Gasteiger partial charge is 0.416 e. The molecule has 0 aliphatic carbocycles. The van der Waals surface area contributed by atoms with Gasteiger partial charge in [-0.05, 0) is 30.3 Å². The molecule has 0 bridgehead atoms. The molecule has 2 amide bonds. The lowest BCUT2D eigenvalue weighted by atomic mass is 10.1. The van der Waals surface area contributed by atoms with Crippen LogP contribution in [0.2, 0.25) is 0 Å². The van der Waals surface area contributed by atoms with Crippen LogP contribution in [0.3, 0.4) is 0 Å². The number of hydrogen-bond acceptors (Lipinski definition) is 6. The molecule has 8 nitrogen and oxygen atoms in total. The normalized spacial score (nSPS) is 16.2. The standard InChI is InChI=1S/C24H21F3N4O4/c25-24(26,27)16-4-3-5-17(12-16)29-8-10-30(11-9-29)23(33)18-14-35-21(28-18)13-31-19-6-1-2-7-20(19)34-15-22(31)32/h1-7,12,14H,8-11,13,15H2. The van der Waals surface area contributed by atoms with Crippen LogP contribution in [0.1, 0.15) is 21.9 Å². The van der Waals surface area contributed by atoms with Gasteiger partial charge in [-0.2, -0.15) is 13.2 Å². The van der Waals surface area contributed by atoms with E-state index in [9.17, 15) is 22.8 Å². The first-order chi connectivity index (χ1) is 16.8. The Morgan fingerprint density at radius 1 is 1.03 bits per heavy atom. The van der Waals surface area contributed by atoms with E-state index in [0.717, 1.165) is 12.1 Å². The van der Waals surface area contributed by atoms with E-state index in [-0.39, 0.29) is 36.6 Å². The van der Waals surface area contributed by atoms with Crippen molar-refractivity contribution in [3.05, 3.63) is 71.9 Å². The van der Waals surface area contributed by atoms with Gasteiger partial charge in [-0.1, -0.05) is 18.2 Å². The van der Waals surface area contributed by atoms with Crippen LogP contribution in [0.15, 0.2) is 59.2 Å². The molecule has 35 heavy (non-hydrogen) atoms. The van der Waals surface area contributed by atoms with Crippen LogP contribution in [-0.4, -0.2) is 54.5 Å². The summed E-state index contributed by atoms with van der Waals surface area (Å²) in [6, 6.07) is 12.3. The first-order valence-electron chi connectivity index (χ1n) is 11.0. The summed E-state index contributed by atoms with van der Waals surface area (Å²) in [5.74, 6) is 0.201. The van der Waals surface area contributed by atoms with E-state index in [2.05, 4.69) is 4.98 Å². The number of nitrogens with zero attached hydrogens (tertiary/aromatic N) is 4. The number of carbonyl (C=O) groups is 2. The average Bonchev–Trinajstić information content (AvgIpc) is 3.34. The van der Waals surface area contributed by atoms with E-state index in [1.165, 1.54) is 17.2 Å². The maximum atomic E-state index is 13.0. The van der Waals surface area contributed by atoms with Crippen molar-refractivity contribution in [3.63, 3.8) is 0 Å². The van der Waals surface area contributed by atoms with Gasteiger partial charge in [0.05, 0.1) is 11.3 Å². The zero-order valence-corrected chi connectivity index (χ0v) is 18.5. The second-order valence-corrected chi connectivity index (χ2v) is 8.19. The van der Waals surface area contributed by atoms with Crippen molar-refractivity contribution in [1.29, 1.82) is 0 Å². The molecule has 0 radical (unpaired) electrons. The molecule has 3 heterocycles. The Hall–Kier alpha value is -4.02. The molecule has 11 heteroatoms. The number of aromatic nitrogens is 1. The molecule has 0 atom stereocenters. The number of halogens is 3. The molecular formula is C24H21F3N4O4. The zero-order chi connectivity index (χ0) is 24.6. The van der Waals surface area contributed by atoms with E-state index >= 15 is 0 Å². The second-order valence-electron chi connectivity index (χ2n) is 8.19.